The van der Waals surface area contributed by atoms with Crippen LogP contribution in [-0.2, 0) is 27.9 Å². The number of anilines is 1. The van der Waals surface area contributed by atoms with Gasteiger partial charge in [0.05, 0.1) is 27.3 Å². The van der Waals surface area contributed by atoms with Crippen molar-refractivity contribution in [3.63, 3.8) is 0 Å². The van der Waals surface area contributed by atoms with E-state index in [1.54, 1.807) is 42.7 Å². The Morgan fingerprint density at radius 2 is 1.72 bits per heavy atom. The normalized spacial score (nSPS) is 17.7. The highest BCUT2D eigenvalue weighted by molar-refractivity contribution is 6.33. The number of piperidine rings is 1. The second-order valence-electron chi connectivity index (χ2n) is 16.7. The zero-order valence-electron chi connectivity index (χ0n) is 34.9. The van der Waals surface area contributed by atoms with Gasteiger partial charge in [-0.3, -0.25) is 38.5 Å². The van der Waals surface area contributed by atoms with Crippen molar-refractivity contribution < 1.29 is 28.0 Å². The molecule has 3 aromatic carbocycles. The third-order valence-corrected chi connectivity index (χ3v) is 12.5. The summed E-state index contributed by atoms with van der Waals surface area (Å²) in [6, 6.07) is 11.0. The van der Waals surface area contributed by atoms with Gasteiger partial charge in [0.15, 0.2) is 5.82 Å². The van der Waals surface area contributed by atoms with Gasteiger partial charge in [0.1, 0.15) is 17.6 Å². The molecule has 0 saturated carbocycles. The van der Waals surface area contributed by atoms with Gasteiger partial charge in [-0.1, -0.05) is 43.7 Å². The molecule has 16 heteroatoms. The maximum atomic E-state index is 16.6. The van der Waals surface area contributed by atoms with Crippen LogP contribution in [0.25, 0.3) is 38.6 Å². The van der Waals surface area contributed by atoms with Gasteiger partial charge in [0.2, 0.25) is 17.7 Å². The van der Waals surface area contributed by atoms with Crippen LogP contribution in [0.15, 0.2) is 53.3 Å². The van der Waals surface area contributed by atoms with Gasteiger partial charge in [-0.2, -0.15) is 0 Å². The van der Waals surface area contributed by atoms with E-state index in [2.05, 4.69) is 15.2 Å². The molecule has 1 unspecified atom stereocenters. The number of nitrogens with one attached hydrogen (secondary N) is 2. The van der Waals surface area contributed by atoms with E-state index in [1.165, 1.54) is 21.6 Å². The second kappa shape index (κ2) is 16.6. The highest BCUT2D eigenvalue weighted by atomic mass is 35.5. The number of aromatic amines is 1. The number of halogens is 3. The van der Waals surface area contributed by atoms with Crippen LogP contribution in [-0.4, -0.2) is 112 Å². The summed E-state index contributed by atoms with van der Waals surface area (Å²) in [5.41, 5.74) is 4.14. The molecule has 320 valence electrons. The number of hydrogen-bond donors (Lipinski definition) is 2. The number of imide groups is 1. The van der Waals surface area contributed by atoms with Crippen molar-refractivity contribution in [2.45, 2.75) is 45.6 Å². The lowest BCUT2D eigenvalue weighted by Gasteiger charge is -2.36. The number of aryl methyl sites for hydroxylation is 1. The molecule has 5 heterocycles. The van der Waals surface area contributed by atoms with Crippen molar-refractivity contribution in [1.82, 2.24) is 34.1 Å². The van der Waals surface area contributed by atoms with E-state index in [-0.39, 0.29) is 71.1 Å². The highest BCUT2D eigenvalue weighted by Crippen LogP contribution is 2.41. The third-order valence-electron chi connectivity index (χ3n) is 12.2. The summed E-state index contributed by atoms with van der Waals surface area (Å²) in [5.74, 6) is -2.59. The van der Waals surface area contributed by atoms with Crippen molar-refractivity contribution in [3.8, 4) is 11.1 Å². The topological polar surface area (TPSA) is 136 Å². The monoisotopic (exact) mass is 854 g/mol. The van der Waals surface area contributed by atoms with Crippen LogP contribution < -0.4 is 15.9 Å². The van der Waals surface area contributed by atoms with E-state index >= 15 is 8.78 Å². The van der Waals surface area contributed by atoms with Crippen molar-refractivity contribution >= 4 is 68.4 Å². The van der Waals surface area contributed by atoms with Gasteiger partial charge in [0.25, 0.3) is 5.91 Å². The Balaban J connectivity index is 1.03. The summed E-state index contributed by atoms with van der Waals surface area (Å²) < 4.78 is 36.1. The van der Waals surface area contributed by atoms with Crippen LogP contribution >= 0.6 is 11.6 Å². The Morgan fingerprint density at radius 3 is 2.43 bits per heavy atom. The number of aromatic nitrogens is 3. The standard InChI is InChI=1S/C45H49ClF2N8O5/c1-25(2)43(59)55-14-7-9-27(24-55)28-20-29(31-22-34(44(60)51(3)4)49-40(31)39(28)48)30-21-32(46)37(23-33(30)47)54-18-16-53(17-19-54)15-13-26-8-6-10-35-41(26)52(5)45(61)56(35)36-11-12-38(57)50-42(36)58/h6,8-10,20-23,25,36,49H,7,11-19,24H2,1-5H3,(H,50,57,58). The first kappa shape index (κ1) is 41.9. The van der Waals surface area contributed by atoms with E-state index in [9.17, 15) is 24.0 Å². The molecule has 2 N–H and O–H groups in total. The third kappa shape index (κ3) is 7.73. The quantitative estimate of drug-likeness (QED) is 0.181. The molecule has 4 amide bonds. The minimum Gasteiger partial charge on any atom is -0.368 e. The van der Waals surface area contributed by atoms with Gasteiger partial charge in [0, 0.05) is 95.8 Å². The lowest BCUT2D eigenvalue weighted by Crippen LogP contribution is -2.47. The van der Waals surface area contributed by atoms with E-state index in [4.69, 9.17) is 11.6 Å². The van der Waals surface area contributed by atoms with Crippen molar-refractivity contribution in [1.29, 1.82) is 0 Å². The molecule has 0 bridgehead atoms. The number of rotatable bonds is 9. The fraction of sp³-hybridized carbons (Fsp3) is 0.400. The first-order valence-corrected chi connectivity index (χ1v) is 21.0. The number of amides is 4. The molecule has 3 aliphatic rings. The molecule has 2 aromatic heterocycles. The molecule has 1 atom stereocenters. The Morgan fingerprint density at radius 1 is 0.967 bits per heavy atom. The molecule has 3 aliphatic heterocycles. The van der Waals surface area contributed by atoms with E-state index < -0.39 is 23.6 Å². The average molecular weight is 855 g/mol. The number of carbonyl (C=O) groups excluding carboxylic acids is 4. The predicted octanol–water partition coefficient (Wildman–Crippen LogP) is 5.74. The molecule has 13 nitrogen and oxygen atoms in total. The number of nitrogens with zero attached hydrogens (tertiary/aromatic N) is 6. The average Bonchev–Trinajstić information content (AvgIpc) is 3.80. The van der Waals surface area contributed by atoms with E-state index in [1.807, 2.05) is 43.0 Å². The summed E-state index contributed by atoms with van der Waals surface area (Å²) in [7, 11) is 4.89. The maximum Gasteiger partial charge on any atom is 0.329 e. The Labute approximate surface area is 356 Å². The summed E-state index contributed by atoms with van der Waals surface area (Å²) in [6.45, 7) is 7.56. The Bertz CT molecular complexity index is 2710. The lowest BCUT2D eigenvalue weighted by atomic mass is 9.92. The largest absolute Gasteiger partial charge is 0.368 e. The maximum absolute atomic E-state index is 16.6. The number of imidazole rings is 1. The zero-order valence-corrected chi connectivity index (χ0v) is 35.7. The number of fused-ring (bicyclic) bond motifs is 2. The number of H-pyrrole nitrogens is 1. The molecule has 0 aliphatic carbocycles. The first-order valence-electron chi connectivity index (χ1n) is 20.7. The molecule has 5 aromatic rings. The Kier molecular flexibility index (Phi) is 11.4. The molecule has 2 saturated heterocycles. The summed E-state index contributed by atoms with van der Waals surface area (Å²) >= 11 is 6.98. The fourth-order valence-electron chi connectivity index (χ4n) is 8.99. The van der Waals surface area contributed by atoms with Crippen molar-refractivity contribution in [2.75, 3.05) is 64.8 Å². The van der Waals surface area contributed by atoms with Crippen LogP contribution in [0.5, 0.6) is 0 Å². The van der Waals surface area contributed by atoms with Crippen molar-refractivity contribution in [2.24, 2.45) is 13.0 Å². The van der Waals surface area contributed by atoms with Gasteiger partial charge in [-0.05, 0) is 66.3 Å². The molecule has 61 heavy (non-hydrogen) atoms. The summed E-state index contributed by atoms with van der Waals surface area (Å²) in [6.07, 6.45) is 3.52. The Hall–Kier alpha value is -5.80. The van der Waals surface area contributed by atoms with Gasteiger partial charge >= 0.3 is 5.69 Å². The van der Waals surface area contributed by atoms with Gasteiger partial charge in [-0.25, -0.2) is 13.6 Å². The van der Waals surface area contributed by atoms with Crippen LogP contribution in [0.2, 0.25) is 5.02 Å². The van der Waals surface area contributed by atoms with E-state index in [0.29, 0.717) is 84.9 Å². The molecule has 0 radical (unpaired) electrons. The lowest BCUT2D eigenvalue weighted by molar-refractivity contribution is -0.136. The number of carbonyl (C=O) groups is 4. The van der Waals surface area contributed by atoms with Crippen LogP contribution in [0.3, 0.4) is 0 Å². The van der Waals surface area contributed by atoms with Crippen LogP contribution in [0, 0.1) is 17.6 Å². The summed E-state index contributed by atoms with van der Waals surface area (Å²) in [4.78, 5) is 74.3. The van der Waals surface area contributed by atoms with Crippen LogP contribution in [0.4, 0.5) is 14.5 Å². The molecule has 2 fully saturated rings. The fourth-order valence-corrected chi connectivity index (χ4v) is 9.28. The number of hydrogen-bond acceptors (Lipinski definition) is 7. The minimum atomic E-state index is -0.759. The minimum absolute atomic E-state index is 0.0368. The number of benzene rings is 3. The SMILES string of the molecule is CC(C)C(=O)N1CCC=C(c2cc(-c3cc(Cl)c(N4CCN(CCc5cccc6c5n(C)c(=O)n6C5CCC(=O)NC5=O)CC4)cc3F)c3cc(C(=O)N(C)C)[nH]c3c2F)C1. The van der Waals surface area contributed by atoms with Crippen LogP contribution in [0.1, 0.15) is 60.8 Å². The summed E-state index contributed by atoms with van der Waals surface area (Å²) in [5, 5.41) is 3.01. The smallest absolute Gasteiger partial charge is 0.329 e. The molecule has 0 spiro atoms. The van der Waals surface area contributed by atoms with Gasteiger partial charge in [-0.15, -0.1) is 0 Å². The van der Waals surface area contributed by atoms with Gasteiger partial charge < -0.3 is 19.7 Å². The van der Waals surface area contributed by atoms with E-state index in [0.717, 1.165) is 11.1 Å². The predicted molar refractivity (Wildman–Crippen MR) is 232 cm³/mol. The number of para-hydroxylation sites is 1. The molecular weight excluding hydrogens is 806 g/mol. The number of piperazine rings is 1. The molecular formula is C45H49ClF2N8O5. The highest BCUT2D eigenvalue weighted by Gasteiger charge is 2.32. The molecule has 8 rings (SSSR count). The second-order valence-corrected chi connectivity index (χ2v) is 17.1. The first-order chi connectivity index (χ1) is 29.1. The zero-order chi connectivity index (χ0) is 43.4. The van der Waals surface area contributed by atoms with Crippen molar-refractivity contribution in [3.05, 3.63) is 92.5 Å².